The number of benzene rings is 1. The van der Waals surface area contributed by atoms with Gasteiger partial charge in [0.1, 0.15) is 12.0 Å². The van der Waals surface area contributed by atoms with E-state index in [1.165, 1.54) is 10.7 Å². The Labute approximate surface area is 211 Å². The highest BCUT2D eigenvalue weighted by molar-refractivity contribution is 5.89. The van der Waals surface area contributed by atoms with E-state index in [0.717, 1.165) is 51.2 Å². The number of piperidine rings is 1. The lowest BCUT2D eigenvalue weighted by atomic mass is 9.91. The number of hydrogen-bond acceptors (Lipinski definition) is 7. The molecule has 1 saturated carbocycles. The summed E-state index contributed by atoms with van der Waals surface area (Å²) in [5.41, 5.74) is -0.747. The van der Waals surface area contributed by atoms with Crippen molar-refractivity contribution >= 4 is 22.8 Å². The summed E-state index contributed by atoms with van der Waals surface area (Å²) < 4.78 is 54.8. The fourth-order valence-electron chi connectivity index (χ4n) is 5.28. The average molecular weight is 520 g/mol. The summed E-state index contributed by atoms with van der Waals surface area (Å²) in [4.78, 5) is 13.8. The second kappa shape index (κ2) is 8.80. The summed E-state index contributed by atoms with van der Waals surface area (Å²) >= 11 is 0. The molecule has 0 unspecified atom stereocenters. The van der Waals surface area contributed by atoms with Crippen LogP contribution in [0.3, 0.4) is 0 Å². The predicted molar refractivity (Wildman–Crippen MR) is 131 cm³/mol. The SMILES string of the molecule is CC1(O)CCN(C2CN(c3nc(NC4CC(F)C4)nc4c3cnn4-c3cccc(C(F)(F)F)c3)C2)CC1. The number of aromatic nitrogens is 4. The van der Waals surface area contributed by atoms with Crippen molar-refractivity contribution in [1.82, 2.24) is 24.6 Å². The number of anilines is 2. The molecule has 0 radical (unpaired) electrons. The Balaban J connectivity index is 1.31. The van der Waals surface area contributed by atoms with Gasteiger partial charge in [-0.15, -0.1) is 0 Å². The zero-order valence-electron chi connectivity index (χ0n) is 20.4. The van der Waals surface area contributed by atoms with Gasteiger partial charge in [-0.3, -0.25) is 4.90 Å². The molecule has 12 heteroatoms. The van der Waals surface area contributed by atoms with E-state index in [4.69, 9.17) is 4.98 Å². The van der Waals surface area contributed by atoms with Gasteiger partial charge in [-0.05, 0) is 50.8 Å². The molecule has 3 fully saturated rings. The Morgan fingerprint density at radius 2 is 1.84 bits per heavy atom. The fraction of sp³-hybridized carbons (Fsp3) is 0.560. The van der Waals surface area contributed by atoms with Crippen molar-refractivity contribution < 1.29 is 22.7 Å². The molecular weight excluding hydrogens is 490 g/mol. The Kier molecular flexibility index (Phi) is 5.79. The zero-order chi connectivity index (χ0) is 25.9. The van der Waals surface area contributed by atoms with Crippen LogP contribution in [0.25, 0.3) is 16.7 Å². The molecule has 2 aromatic heterocycles. The molecular formula is C25H29F4N7O. The van der Waals surface area contributed by atoms with Crippen molar-refractivity contribution in [2.75, 3.05) is 36.4 Å². The van der Waals surface area contributed by atoms with Crippen molar-refractivity contribution in [2.24, 2.45) is 0 Å². The summed E-state index contributed by atoms with van der Waals surface area (Å²) in [6.45, 7) is 5.00. The van der Waals surface area contributed by atoms with Crippen molar-refractivity contribution in [3.63, 3.8) is 0 Å². The van der Waals surface area contributed by atoms with Crippen molar-refractivity contribution in [2.45, 2.75) is 62.6 Å². The fourth-order valence-corrected chi connectivity index (χ4v) is 5.28. The van der Waals surface area contributed by atoms with Gasteiger partial charge in [-0.1, -0.05) is 6.07 Å². The minimum absolute atomic E-state index is 0.0875. The lowest BCUT2D eigenvalue weighted by molar-refractivity contribution is -0.137. The van der Waals surface area contributed by atoms with Crippen molar-refractivity contribution in [1.29, 1.82) is 0 Å². The summed E-state index contributed by atoms with van der Waals surface area (Å²) in [6.07, 6.45) is -1.54. The van der Waals surface area contributed by atoms with E-state index in [0.29, 0.717) is 41.7 Å². The molecule has 3 aromatic rings. The van der Waals surface area contributed by atoms with Gasteiger partial charge in [0.2, 0.25) is 5.95 Å². The Morgan fingerprint density at radius 3 is 2.51 bits per heavy atom. The van der Waals surface area contributed by atoms with Crippen LogP contribution in [0.1, 0.15) is 38.2 Å². The molecule has 2 N–H and O–H groups in total. The number of halogens is 4. The van der Waals surface area contributed by atoms with Crippen LogP contribution in [-0.2, 0) is 6.18 Å². The molecule has 1 aromatic carbocycles. The van der Waals surface area contributed by atoms with Crippen LogP contribution in [0.2, 0.25) is 0 Å². The van der Waals surface area contributed by atoms with E-state index >= 15 is 0 Å². The zero-order valence-corrected chi connectivity index (χ0v) is 20.4. The van der Waals surface area contributed by atoms with E-state index in [2.05, 4.69) is 25.2 Å². The standard InChI is InChI=1S/C25H29F4N7O/c1-24(37)5-7-34(8-6-24)19-13-35(14-19)21-20-12-30-36(18-4-2-3-15(9-18)25(27,28)29)22(20)33-23(32-21)31-17-10-16(26)11-17/h2-4,9,12,16-17,19,37H,5-8,10-11,13-14H2,1H3,(H,31,32,33). The predicted octanol–water partition coefficient (Wildman–Crippen LogP) is 3.78. The number of nitrogens with zero attached hydrogens (tertiary/aromatic N) is 6. The van der Waals surface area contributed by atoms with E-state index < -0.39 is 23.5 Å². The molecule has 6 rings (SSSR count). The molecule has 2 saturated heterocycles. The highest BCUT2D eigenvalue weighted by Gasteiger charge is 2.38. The molecule has 0 bridgehead atoms. The molecule has 198 valence electrons. The number of rotatable bonds is 5. The molecule has 37 heavy (non-hydrogen) atoms. The number of likely N-dealkylation sites (tertiary alicyclic amines) is 1. The maximum Gasteiger partial charge on any atom is 0.416 e. The van der Waals surface area contributed by atoms with E-state index in [9.17, 15) is 22.7 Å². The molecule has 2 aliphatic heterocycles. The van der Waals surface area contributed by atoms with Crippen LogP contribution in [0.4, 0.5) is 29.3 Å². The lowest BCUT2D eigenvalue weighted by Crippen LogP contribution is -2.62. The van der Waals surface area contributed by atoms with Gasteiger partial charge < -0.3 is 15.3 Å². The third-order valence-corrected chi connectivity index (χ3v) is 7.79. The number of alkyl halides is 4. The summed E-state index contributed by atoms with van der Waals surface area (Å²) in [5.74, 6) is 0.965. The smallest absolute Gasteiger partial charge is 0.390 e. The van der Waals surface area contributed by atoms with E-state index in [1.54, 1.807) is 12.3 Å². The van der Waals surface area contributed by atoms with Crippen LogP contribution in [0.15, 0.2) is 30.5 Å². The van der Waals surface area contributed by atoms with Gasteiger partial charge in [0.15, 0.2) is 5.65 Å². The topological polar surface area (TPSA) is 82.3 Å². The Hall–Kier alpha value is -2.99. The monoisotopic (exact) mass is 519 g/mol. The maximum atomic E-state index is 13.4. The second-order valence-corrected chi connectivity index (χ2v) is 10.7. The van der Waals surface area contributed by atoms with Crippen molar-refractivity contribution in [3.05, 3.63) is 36.0 Å². The van der Waals surface area contributed by atoms with Gasteiger partial charge in [-0.25, -0.2) is 9.07 Å². The van der Waals surface area contributed by atoms with Crippen LogP contribution < -0.4 is 10.2 Å². The number of fused-ring (bicyclic) bond motifs is 1. The first kappa shape index (κ1) is 24.4. The third kappa shape index (κ3) is 4.72. The number of hydrogen-bond donors (Lipinski definition) is 2. The van der Waals surface area contributed by atoms with Gasteiger partial charge in [0, 0.05) is 38.3 Å². The first-order chi connectivity index (χ1) is 17.6. The third-order valence-electron chi connectivity index (χ3n) is 7.79. The number of aliphatic hydroxyl groups is 1. The minimum Gasteiger partial charge on any atom is -0.390 e. The van der Waals surface area contributed by atoms with Crippen LogP contribution in [0, 0.1) is 0 Å². The molecule has 0 atom stereocenters. The Morgan fingerprint density at radius 1 is 1.11 bits per heavy atom. The largest absolute Gasteiger partial charge is 0.416 e. The average Bonchev–Trinajstić information content (AvgIpc) is 3.22. The van der Waals surface area contributed by atoms with Gasteiger partial charge >= 0.3 is 6.18 Å². The summed E-state index contributed by atoms with van der Waals surface area (Å²) in [5, 5.41) is 18.5. The molecule has 4 heterocycles. The summed E-state index contributed by atoms with van der Waals surface area (Å²) in [7, 11) is 0. The second-order valence-electron chi connectivity index (χ2n) is 10.7. The normalized spacial score (nSPS) is 24.6. The quantitative estimate of drug-likeness (QED) is 0.497. The van der Waals surface area contributed by atoms with E-state index in [1.807, 2.05) is 6.92 Å². The van der Waals surface area contributed by atoms with Gasteiger partial charge in [0.25, 0.3) is 0 Å². The van der Waals surface area contributed by atoms with Crippen molar-refractivity contribution in [3.8, 4) is 5.69 Å². The first-order valence-corrected chi connectivity index (χ1v) is 12.6. The van der Waals surface area contributed by atoms with E-state index in [-0.39, 0.29) is 11.7 Å². The molecule has 8 nitrogen and oxygen atoms in total. The minimum atomic E-state index is -4.48. The molecule has 0 spiro atoms. The van der Waals surface area contributed by atoms with Gasteiger partial charge in [0.05, 0.1) is 28.4 Å². The molecule has 1 aliphatic carbocycles. The van der Waals surface area contributed by atoms with Crippen LogP contribution in [0.5, 0.6) is 0 Å². The van der Waals surface area contributed by atoms with Crippen LogP contribution in [-0.4, -0.2) is 79.8 Å². The highest BCUT2D eigenvalue weighted by atomic mass is 19.4. The lowest BCUT2D eigenvalue weighted by Gasteiger charge is -2.49. The van der Waals surface area contributed by atoms with Gasteiger partial charge in [-0.2, -0.15) is 28.2 Å². The maximum absolute atomic E-state index is 13.4. The summed E-state index contributed by atoms with van der Waals surface area (Å²) in [6, 6.07) is 5.21. The highest BCUT2D eigenvalue weighted by Crippen LogP contribution is 2.35. The first-order valence-electron chi connectivity index (χ1n) is 12.6. The molecule has 0 amide bonds. The molecule has 3 aliphatic rings. The van der Waals surface area contributed by atoms with Crippen LogP contribution >= 0.6 is 0 Å². The Bertz CT molecular complexity index is 1290. The number of nitrogens with one attached hydrogen (secondary N) is 1.